The summed E-state index contributed by atoms with van der Waals surface area (Å²) in [5, 5.41) is 0. The summed E-state index contributed by atoms with van der Waals surface area (Å²) in [7, 11) is -2.16. The zero-order valence-corrected chi connectivity index (χ0v) is 24.2. The van der Waals surface area contributed by atoms with Crippen LogP contribution in [0.4, 0.5) is 14.5 Å². The van der Waals surface area contributed by atoms with Gasteiger partial charge in [0.2, 0.25) is 15.9 Å². The SMILES string of the molecule is Cc1cccc(S(=O)(=O)N[C@H]2CCC(F)(F)c3ccc(N(Cc4nccn4C)C(=O)[C@H]4C[C@H]4c4ccccc4)cc32)c1. The molecule has 2 aliphatic carbocycles. The van der Waals surface area contributed by atoms with Crippen LogP contribution in [-0.2, 0) is 34.3 Å². The minimum atomic E-state index is -3.99. The fourth-order valence-electron chi connectivity index (χ4n) is 5.84. The van der Waals surface area contributed by atoms with Gasteiger partial charge in [-0.1, -0.05) is 48.5 Å². The summed E-state index contributed by atoms with van der Waals surface area (Å²) >= 11 is 0. The maximum atomic E-state index is 15.1. The Balaban J connectivity index is 1.36. The first-order chi connectivity index (χ1) is 20.0. The number of imidazole rings is 1. The van der Waals surface area contributed by atoms with Gasteiger partial charge in [0.15, 0.2) is 0 Å². The lowest BCUT2D eigenvalue weighted by Crippen LogP contribution is -2.36. The second kappa shape index (κ2) is 10.7. The van der Waals surface area contributed by atoms with Crippen molar-refractivity contribution in [2.75, 3.05) is 4.90 Å². The number of nitrogens with one attached hydrogen (secondary N) is 1. The molecule has 1 aromatic heterocycles. The van der Waals surface area contributed by atoms with Gasteiger partial charge in [-0.2, -0.15) is 0 Å². The van der Waals surface area contributed by atoms with E-state index in [4.69, 9.17) is 0 Å². The highest BCUT2D eigenvalue weighted by atomic mass is 32.2. The molecule has 0 unspecified atom stereocenters. The molecule has 0 aliphatic heterocycles. The van der Waals surface area contributed by atoms with E-state index < -0.39 is 28.4 Å². The fraction of sp³-hybridized carbons (Fsp3) is 0.312. The third-order valence-corrected chi connectivity index (χ3v) is 9.75. The molecule has 6 rings (SSSR count). The fourth-order valence-corrected chi connectivity index (χ4v) is 7.19. The molecule has 42 heavy (non-hydrogen) atoms. The van der Waals surface area contributed by atoms with E-state index in [9.17, 15) is 13.2 Å². The van der Waals surface area contributed by atoms with Crippen LogP contribution in [-0.4, -0.2) is 23.9 Å². The monoisotopic (exact) mass is 590 g/mol. The van der Waals surface area contributed by atoms with Gasteiger partial charge in [0.25, 0.3) is 5.92 Å². The first-order valence-corrected chi connectivity index (χ1v) is 15.5. The van der Waals surface area contributed by atoms with Crippen LogP contribution in [0.15, 0.2) is 90.1 Å². The zero-order chi connectivity index (χ0) is 29.6. The Morgan fingerprint density at radius 2 is 1.88 bits per heavy atom. The normalized spacial score (nSPS) is 21.0. The van der Waals surface area contributed by atoms with E-state index in [-0.39, 0.29) is 46.7 Å². The number of hydrogen-bond acceptors (Lipinski definition) is 4. The molecule has 1 N–H and O–H groups in total. The minimum absolute atomic E-state index is 0.0739. The number of hydrogen-bond donors (Lipinski definition) is 1. The van der Waals surface area contributed by atoms with Gasteiger partial charge in [-0.25, -0.2) is 26.9 Å². The second-order valence-electron chi connectivity index (χ2n) is 11.2. The molecule has 1 fully saturated rings. The maximum Gasteiger partial charge on any atom is 0.273 e. The van der Waals surface area contributed by atoms with Crippen LogP contribution in [0.5, 0.6) is 0 Å². The van der Waals surface area contributed by atoms with E-state index in [1.54, 1.807) is 48.5 Å². The summed E-state index contributed by atoms with van der Waals surface area (Å²) in [6, 6.07) is 19.8. The van der Waals surface area contributed by atoms with Crippen LogP contribution in [0.25, 0.3) is 0 Å². The number of rotatable bonds is 8. The number of halogens is 2. The highest BCUT2D eigenvalue weighted by molar-refractivity contribution is 7.89. The Labute approximate surface area is 244 Å². The summed E-state index contributed by atoms with van der Waals surface area (Å²) < 4.78 is 61.3. The molecule has 218 valence electrons. The highest BCUT2D eigenvalue weighted by Gasteiger charge is 2.47. The molecule has 4 aromatic rings. The van der Waals surface area contributed by atoms with E-state index in [1.807, 2.05) is 41.9 Å². The van der Waals surface area contributed by atoms with E-state index in [0.717, 1.165) is 11.1 Å². The molecule has 3 atom stereocenters. The van der Waals surface area contributed by atoms with Crippen molar-refractivity contribution in [2.24, 2.45) is 13.0 Å². The molecule has 1 amide bonds. The van der Waals surface area contributed by atoms with Gasteiger partial charge in [0.1, 0.15) is 5.82 Å². The van der Waals surface area contributed by atoms with Gasteiger partial charge < -0.3 is 9.47 Å². The standard InChI is InChI=1S/C32H32F2N4O3S/c1-21-7-6-10-24(17-21)42(40,41)36-29-13-14-32(33,34)28-12-11-23(18-27(28)29)38(20-30-35-15-16-37(30)2)31(39)26-19-25(26)22-8-4-3-5-9-22/h3-12,15-18,25-26,29,36H,13-14,19-20H2,1-2H3/t25-,26-,29-/m0/s1. The smallest absolute Gasteiger partial charge is 0.273 e. The molecule has 1 heterocycles. The number of nitrogens with zero attached hydrogens (tertiary/aromatic N) is 3. The summed E-state index contributed by atoms with van der Waals surface area (Å²) in [6.45, 7) is 1.94. The van der Waals surface area contributed by atoms with Crippen molar-refractivity contribution >= 4 is 21.6 Å². The first kappa shape index (κ1) is 28.2. The molecule has 1 saturated carbocycles. The molecule has 10 heteroatoms. The second-order valence-corrected chi connectivity index (χ2v) is 13.0. The highest BCUT2D eigenvalue weighted by Crippen LogP contribution is 2.50. The number of anilines is 1. The third kappa shape index (κ3) is 5.48. The average Bonchev–Trinajstić information content (AvgIpc) is 3.68. The van der Waals surface area contributed by atoms with Crippen molar-refractivity contribution < 1.29 is 22.0 Å². The van der Waals surface area contributed by atoms with Crippen LogP contribution >= 0.6 is 0 Å². The van der Waals surface area contributed by atoms with Crippen LogP contribution in [0.2, 0.25) is 0 Å². The van der Waals surface area contributed by atoms with E-state index in [2.05, 4.69) is 9.71 Å². The van der Waals surface area contributed by atoms with Gasteiger partial charge >= 0.3 is 0 Å². The summed E-state index contributed by atoms with van der Waals surface area (Å²) in [4.78, 5) is 20.0. The Kier molecular flexibility index (Phi) is 7.22. The lowest BCUT2D eigenvalue weighted by Gasteiger charge is -2.33. The lowest BCUT2D eigenvalue weighted by atomic mass is 9.85. The summed E-state index contributed by atoms with van der Waals surface area (Å²) in [6.07, 6.45) is 3.55. The average molecular weight is 591 g/mol. The maximum absolute atomic E-state index is 15.1. The first-order valence-electron chi connectivity index (χ1n) is 14.0. The number of carbonyl (C=O) groups is 1. The van der Waals surface area contributed by atoms with Crippen LogP contribution in [0, 0.1) is 12.8 Å². The molecule has 2 aliphatic rings. The predicted octanol–water partition coefficient (Wildman–Crippen LogP) is 5.97. The molecule has 0 radical (unpaired) electrons. The van der Waals surface area contributed by atoms with Crippen LogP contribution in [0.1, 0.15) is 59.3 Å². The minimum Gasteiger partial charge on any atom is -0.337 e. The number of benzene rings is 3. The van der Waals surface area contributed by atoms with Crippen molar-refractivity contribution in [3.05, 3.63) is 113 Å². The molecular weight excluding hydrogens is 558 g/mol. The Morgan fingerprint density at radius 3 is 2.60 bits per heavy atom. The van der Waals surface area contributed by atoms with E-state index in [1.165, 1.54) is 18.2 Å². The molecule has 0 saturated heterocycles. The Morgan fingerprint density at radius 1 is 1.10 bits per heavy atom. The van der Waals surface area contributed by atoms with Crippen molar-refractivity contribution in [3.63, 3.8) is 0 Å². The zero-order valence-electron chi connectivity index (χ0n) is 23.4. The van der Waals surface area contributed by atoms with Gasteiger partial charge in [-0.05, 0) is 66.6 Å². The predicted molar refractivity (Wildman–Crippen MR) is 155 cm³/mol. The van der Waals surface area contributed by atoms with Gasteiger partial charge in [0.05, 0.1) is 11.4 Å². The Hall–Kier alpha value is -3.89. The number of amides is 1. The summed E-state index contributed by atoms with van der Waals surface area (Å²) in [5.74, 6) is -2.77. The number of aromatic nitrogens is 2. The summed E-state index contributed by atoms with van der Waals surface area (Å²) in [5.41, 5.74) is 2.23. The van der Waals surface area contributed by atoms with Crippen molar-refractivity contribution in [1.29, 1.82) is 0 Å². The van der Waals surface area contributed by atoms with E-state index >= 15 is 8.78 Å². The number of aryl methyl sites for hydroxylation is 2. The largest absolute Gasteiger partial charge is 0.337 e. The van der Waals surface area contributed by atoms with Crippen molar-refractivity contribution in [3.8, 4) is 0 Å². The molecular formula is C32H32F2N4O3S. The van der Waals surface area contributed by atoms with Gasteiger partial charge in [-0.15, -0.1) is 0 Å². The van der Waals surface area contributed by atoms with Gasteiger partial charge in [-0.3, -0.25) is 4.79 Å². The van der Waals surface area contributed by atoms with Gasteiger partial charge in [0, 0.05) is 49.1 Å². The number of fused-ring (bicyclic) bond motifs is 1. The van der Waals surface area contributed by atoms with Crippen LogP contribution < -0.4 is 9.62 Å². The number of carbonyl (C=O) groups excluding carboxylic acids is 1. The Bertz CT molecular complexity index is 1740. The number of sulfonamides is 1. The quantitative estimate of drug-likeness (QED) is 0.274. The van der Waals surface area contributed by atoms with Crippen molar-refractivity contribution in [2.45, 2.75) is 55.5 Å². The molecule has 3 aromatic carbocycles. The topological polar surface area (TPSA) is 84.3 Å². The molecule has 7 nitrogen and oxygen atoms in total. The molecule has 0 spiro atoms. The van der Waals surface area contributed by atoms with Crippen LogP contribution in [0.3, 0.4) is 0 Å². The lowest BCUT2D eigenvalue weighted by molar-refractivity contribution is -0.120. The third-order valence-electron chi connectivity index (χ3n) is 8.28. The van der Waals surface area contributed by atoms with Crippen molar-refractivity contribution in [1.82, 2.24) is 14.3 Å². The molecule has 0 bridgehead atoms. The van der Waals surface area contributed by atoms with E-state index in [0.29, 0.717) is 17.9 Å². The number of alkyl halides is 2.